The van der Waals surface area contributed by atoms with Crippen molar-refractivity contribution < 1.29 is 28.5 Å². The van der Waals surface area contributed by atoms with Gasteiger partial charge in [0.1, 0.15) is 12.8 Å². The molecule has 0 spiro atoms. The van der Waals surface area contributed by atoms with E-state index in [1.807, 2.05) is 38.1 Å². The molecule has 28 heavy (non-hydrogen) atoms. The minimum atomic E-state index is -0.419. The summed E-state index contributed by atoms with van der Waals surface area (Å²) in [5.74, 6) is -0.152. The first-order chi connectivity index (χ1) is 13.5. The Morgan fingerprint density at radius 3 is 2.54 bits per heavy atom. The number of benzene rings is 1. The van der Waals surface area contributed by atoms with E-state index in [0.29, 0.717) is 39.6 Å². The molecule has 1 aliphatic rings. The van der Waals surface area contributed by atoms with E-state index < -0.39 is 6.09 Å². The number of cyclic esters (lactones) is 1. The molecule has 1 aliphatic heterocycles. The molecule has 0 aromatic heterocycles. The van der Waals surface area contributed by atoms with Crippen LogP contribution in [0.15, 0.2) is 24.3 Å². The van der Waals surface area contributed by atoms with E-state index in [2.05, 4.69) is 10.6 Å². The van der Waals surface area contributed by atoms with E-state index in [-0.39, 0.29) is 18.3 Å². The Bertz CT molecular complexity index is 619. The fraction of sp³-hybridized carbons (Fsp3) is 0.579. The highest BCUT2D eigenvalue weighted by Crippen LogP contribution is 2.23. The number of rotatable bonds is 12. The van der Waals surface area contributed by atoms with Crippen molar-refractivity contribution in [2.24, 2.45) is 0 Å². The lowest BCUT2D eigenvalue weighted by Crippen LogP contribution is -2.33. The highest BCUT2D eigenvalue weighted by Gasteiger charge is 2.32. The number of amides is 2. The van der Waals surface area contributed by atoms with Gasteiger partial charge in [-0.25, -0.2) is 4.79 Å². The zero-order valence-electron chi connectivity index (χ0n) is 16.6. The van der Waals surface area contributed by atoms with E-state index in [0.717, 1.165) is 11.4 Å². The third-order valence-corrected chi connectivity index (χ3v) is 3.97. The van der Waals surface area contributed by atoms with E-state index >= 15 is 0 Å². The number of nitrogens with one attached hydrogen (secondary N) is 2. The Morgan fingerprint density at radius 1 is 1.25 bits per heavy atom. The molecule has 2 rings (SSSR count). The minimum absolute atomic E-state index is 0.152. The zero-order chi connectivity index (χ0) is 20.4. The maximum Gasteiger partial charge on any atom is 0.414 e. The zero-order valence-corrected chi connectivity index (χ0v) is 16.6. The number of carbonyl (C=O) groups excluding carboxylic acids is 2. The molecule has 1 saturated heterocycles. The van der Waals surface area contributed by atoms with Crippen molar-refractivity contribution in [2.45, 2.75) is 33.2 Å². The third-order valence-electron chi connectivity index (χ3n) is 3.97. The normalized spacial score (nSPS) is 16.4. The van der Waals surface area contributed by atoms with Crippen molar-refractivity contribution >= 4 is 23.4 Å². The SMILES string of the molecule is CCOC(COCNc1ccc(N2C[C@H](CNC(C)=O)OC2=O)cc1)OCC. The van der Waals surface area contributed by atoms with Crippen LogP contribution < -0.4 is 15.5 Å². The molecule has 1 aromatic carbocycles. The predicted octanol–water partition coefficient (Wildman–Crippen LogP) is 1.93. The lowest BCUT2D eigenvalue weighted by atomic mass is 10.2. The second-order valence-corrected chi connectivity index (χ2v) is 6.13. The van der Waals surface area contributed by atoms with E-state index in [1.54, 1.807) is 4.90 Å². The molecule has 1 heterocycles. The monoisotopic (exact) mass is 395 g/mol. The molecule has 2 N–H and O–H groups in total. The van der Waals surface area contributed by atoms with Gasteiger partial charge in [-0.05, 0) is 38.1 Å². The van der Waals surface area contributed by atoms with Gasteiger partial charge in [-0.3, -0.25) is 9.69 Å². The smallest absolute Gasteiger partial charge is 0.414 e. The summed E-state index contributed by atoms with van der Waals surface area (Å²) in [6, 6.07) is 7.37. The summed E-state index contributed by atoms with van der Waals surface area (Å²) in [7, 11) is 0. The Kier molecular flexibility index (Phi) is 8.99. The second kappa shape index (κ2) is 11.5. The summed E-state index contributed by atoms with van der Waals surface area (Å²) in [6.07, 6.45) is -1.14. The van der Waals surface area contributed by atoms with Gasteiger partial charge in [-0.15, -0.1) is 0 Å². The van der Waals surface area contributed by atoms with Crippen LogP contribution in [-0.4, -0.2) is 64.0 Å². The number of hydrogen-bond donors (Lipinski definition) is 2. The van der Waals surface area contributed by atoms with Gasteiger partial charge in [0.05, 0.1) is 19.7 Å². The summed E-state index contributed by atoms with van der Waals surface area (Å²) in [5, 5.41) is 5.80. The molecule has 1 aromatic rings. The molecular weight excluding hydrogens is 366 g/mol. The maximum atomic E-state index is 12.0. The molecule has 2 amide bonds. The molecule has 9 nitrogen and oxygen atoms in total. The summed E-state index contributed by atoms with van der Waals surface area (Å²) < 4.78 is 21.6. The van der Waals surface area contributed by atoms with Gasteiger partial charge in [0.15, 0.2) is 6.29 Å². The third kappa shape index (κ3) is 6.99. The first kappa shape index (κ1) is 21.9. The molecular formula is C19H29N3O6. The fourth-order valence-electron chi connectivity index (χ4n) is 2.66. The van der Waals surface area contributed by atoms with Crippen molar-refractivity contribution in [3.05, 3.63) is 24.3 Å². The van der Waals surface area contributed by atoms with E-state index in [4.69, 9.17) is 18.9 Å². The quantitative estimate of drug-likeness (QED) is 0.412. The Labute approximate surface area is 165 Å². The molecule has 0 saturated carbocycles. The lowest BCUT2D eigenvalue weighted by molar-refractivity contribution is -0.165. The standard InChI is InChI=1S/C19H29N3O6/c1-4-26-18(27-5-2)12-25-13-21-15-6-8-16(9-7-15)22-11-17(28-19(22)24)10-20-14(3)23/h6-9,17-18,21H,4-5,10-13H2,1-3H3,(H,20,23)/t17-/m0/s1. The molecule has 1 atom stereocenters. The molecule has 0 radical (unpaired) electrons. The highest BCUT2D eigenvalue weighted by molar-refractivity contribution is 5.90. The van der Waals surface area contributed by atoms with Gasteiger partial charge in [-0.1, -0.05) is 0 Å². The summed E-state index contributed by atoms with van der Waals surface area (Å²) in [4.78, 5) is 24.6. The number of hydrogen-bond acceptors (Lipinski definition) is 7. The van der Waals surface area contributed by atoms with Gasteiger partial charge in [0, 0.05) is 31.5 Å². The number of carbonyl (C=O) groups is 2. The van der Waals surface area contributed by atoms with Gasteiger partial charge in [-0.2, -0.15) is 0 Å². The van der Waals surface area contributed by atoms with Gasteiger partial charge in [0.2, 0.25) is 5.91 Å². The molecule has 0 unspecified atom stereocenters. The van der Waals surface area contributed by atoms with Gasteiger partial charge >= 0.3 is 6.09 Å². The first-order valence-corrected chi connectivity index (χ1v) is 9.41. The maximum absolute atomic E-state index is 12.0. The van der Waals surface area contributed by atoms with Crippen LogP contribution in [0.4, 0.5) is 16.2 Å². The van der Waals surface area contributed by atoms with Crippen LogP contribution in [0, 0.1) is 0 Å². The first-order valence-electron chi connectivity index (χ1n) is 9.41. The van der Waals surface area contributed by atoms with E-state index in [1.165, 1.54) is 6.92 Å². The van der Waals surface area contributed by atoms with Crippen LogP contribution in [0.1, 0.15) is 20.8 Å². The topological polar surface area (TPSA) is 98.4 Å². The van der Waals surface area contributed by atoms with Crippen LogP contribution in [0.2, 0.25) is 0 Å². The number of nitrogens with zero attached hydrogens (tertiary/aromatic N) is 1. The van der Waals surface area contributed by atoms with Crippen LogP contribution in [0.3, 0.4) is 0 Å². The van der Waals surface area contributed by atoms with Crippen molar-refractivity contribution in [3.63, 3.8) is 0 Å². The second-order valence-electron chi connectivity index (χ2n) is 6.13. The van der Waals surface area contributed by atoms with Gasteiger partial charge in [0.25, 0.3) is 0 Å². The van der Waals surface area contributed by atoms with Crippen LogP contribution in [0.25, 0.3) is 0 Å². The highest BCUT2D eigenvalue weighted by atomic mass is 16.7. The lowest BCUT2D eigenvalue weighted by Gasteiger charge is -2.17. The van der Waals surface area contributed by atoms with Crippen LogP contribution in [-0.2, 0) is 23.7 Å². The predicted molar refractivity (Wildman–Crippen MR) is 104 cm³/mol. The van der Waals surface area contributed by atoms with Crippen molar-refractivity contribution in [2.75, 3.05) is 49.9 Å². The van der Waals surface area contributed by atoms with E-state index in [9.17, 15) is 9.59 Å². The Hall–Kier alpha value is -2.36. The van der Waals surface area contributed by atoms with Gasteiger partial charge < -0.3 is 29.6 Å². The van der Waals surface area contributed by atoms with Crippen molar-refractivity contribution in [3.8, 4) is 0 Å². The average Bonchev–Trinajstić information content (AvgIpc) is 3.05. The minimum Gasteiger partial charge on any atom is -0.442 e. The summed E-state index contributed by atoms with van der Waals surface area (Å²) in [5.41, 5.74) is 1.59. The van der Waals surface area contributed by atoms with Crippen LogP contribution in [0.5, 0.6) is 0 Å². The molecule has 0 bridgehead atoms. The summed E-state index contributed by atoms with van der Waals surface area (Å²) in [6.45, 7) is 7.71. The van der Waals surface area contributed by atoms with Crippen molar-refractivity contribution in [1.82, 2.24) is 5.32 Å². The Balaban J connectivity index is 1.77. The fourth-order valence-corrected chi connectivity index (χ4v) is 2.66. The Morgan fingerprint density at radius 2 is 1.93 bits per heavy atom. The average molecular weight is 395 g/mol. The molecule has 0 aliphatic carbocycles. The number of anilines is 2. The molecule has 1 fully saturated rings. The molecule has 9 heteroatoms. The van der Waals surface area contributed by atoms with Crippen molar-refractivity contribution in [1.29, 1.82) is 0 Å². The number of ether oxygens (including phenoxy) is 4. The largest absolute Gasteiger partial charge is 0.442 e. The summed E-state index contributed by atoms with van der Waals surface area (Å²) >= 11 is 0. The molecule has 156 valence electrons. The van der Waals surface area contributed by atoms with Crippen LogP contribution >= 0.6 is 0 Å².